The molecule has 1 aliphatic rings. The number of anilines is 3. The molecular formula is C29H34Cl2N6O3. The van der Waals surface area contributed by atoms with Crippen molar-refractivity contribution in [2.45, 2.75) is 45.6 Å². The van der Waals surface area contributed by atoms with Gasteiger partial charge < -0.3 is 25.4 Å². The topological polar surface area (TPSA) is 115 Å². The van der Waals surface area contributed by atoms with Crippen LogP contribution < -0.4 is 15.8 Å². The highest BCUT2D eigenvalue weighted by molar-refractivity contribution is 6.33. The first-order valence-electron chi connectivity index (χ1n) is 13.1. The molecule has 0 saturated carbocycles. The average molecular weight is 586 g/mol. The average Bonchev–Trinajstić information content (AvgIpc) is 2.90. The number of hydrogen-bond donors (Lipinski definition) is 2. The lowest BCUT2D eigenvalue weighted by molar-refractivity contribution is 0.0177. The van der Waals surface area contributed by atoms with Crippen LogP contribution in [-0.2, 0) is 4.74 Å². The Balaban J connectivity index is 1.41. The third-order valence-corrected chi connectivity index (χ3v) is 6.73. The van der Waals surface area contributed by atoms with Gasteiger partial charge in [-0.05, 0) is 87.4 Å². The van der Waals surface area contributed by atoms with Crippen molar-refractivity contribution in [2.24, 2.45) is 5.92 Å². The van der Waals surface area contributed by atoms with Crippen LogP contribution in [0.25, 0.3) is 12.2 Å². The summed E-state index contributed by atoms with van der Waals surface area (Å²) in [6, 6.07) is 7.58. The van der Waals surface area contributed by atoms with E-state index in [0.717, 1.165) is 41.8 Å². The van der Waals surface area contributed by atoms with E-state index in [0.29, 0.717) is 42.1 Å². The van der Waals surface area contributed by atoms with Crippen molar-refractivity contribution in [3.05, 3.63) is 64.3 Å². The highest BCUT2D eigenvalue weighted by Crippen LogP contribution is 2.30. The van der Waals surface area contributed by atoms with Gasteiger partial charge in [-0.2, -0.15) is 4.98 Å². The van der Waals surface area contributed by atoms with Gasteiger partial charge in [0.05, 0.1) is 18.5 Å². The number of carbonyl (C=O) groups excluding carboxylic acids is 1. The van der Waals surface area contributed by atoms with Gasteiger partial charge >= 0.3 is 6.09 Å². The molecule has 9 nitrogen and oxygen atoms in total. The SMILES string of the molecule is CC(C)(C)OC(=O)N1CCC(CCOc2ccc(Nc3nc(Cl)ncc3Cl)cc2C=Cc2cncc(N)c2)CC1. The van der Waals surface area contributed by atoms with Gasteiger partial charge in [0.2, 0.25) is 5.28 Å². The summed E-state index contributed by atoms with van der Waals surface area (Å²) in [6.07, 6.45) is 11.1. The lowest BCUT2D eigenvalue weighted by Gasteiger charge is -2.33. The molecule has 4 rings (SSSR count). The summed E-state index contributed by atoms with van der Waals surface area (Å²) in [4.78, 5) is 26.4. The number of amides is 1. The summed E-state index contributed by atoms with van der Waals surface area (Å²) < 4.78 is 11.7. The Morgan fingerprint density at radius 3 is 2.65 bits per heavy atom. The van der Waals surface area contributed by atoms with Crippen molar-refractivity contribution >= 4 is 58.6 Å². The molecular weight excluding hydrogens is 551 g/mol. The number of nitrogen functional groups attached to an aromatic ring is 1. The second-order valence-corrected chi connectivity index (χ2v) is 11.4. The highest BCUT2D eigenvalue weighted by atomic mass is 35.5. The van der Waals surface area contributed by atoms with Crippen molar-refractivity contribution < 1.29 is 14.3 Å². The van der Waals surface area contributed by atoms with Gasteiger partial charge in [0.15, 0.2) is 5.82 Å². The predicted octanol–water partition coefficient (Wildman–Crippen LogP) is 7.09. The molecule has 1 fully saturated rings. The monoisotopic (exact) mass is 584 g/mol. The second kappa shape index (κ2) is 13.2. The number of rotatable bonds is 8. The number of aromatic nitrogens is 3. The maximum atomic E-state index is 12.4. The maximum Gasteiger partial charge on any atom is 0.410 e. The Morgan fingerprint density at radius 2 is 1.93 bits per heavy atom. The van der Waals surface area contributed by atoms with Crippen LogP contribution in [0.2, 0.25) is 10.3 Å². The molecule has 40 heavy (non-hydrogen) atoms. The van der Waals surface area contributed by atoms with Crippen LogP contribution in [0.4, 0.5) is 22.0 Å². The van der Waals surface area contributed by atoms with Crippen LogP contribution in [0.1, 0.15) is 51.2 Å². The fraction of sp³-hybridized carbons (Fsp3) is 0.379. The molecule has 212 valence electrons. The summed E-state index contributed by atoms with van der Waals surface area (Å²) in [5.74, 6) is 1.61. The number of likely N-dealkylation sites (tertiary alicyclic amines) is 1. The molecule has 1 aliphatic heterocycles. The number of hydrogen-bond acceptors (Lipinski definition) is 8. The zero-order valence-corrected chi connectivity index (χ0v) is 24.4. The van der Waals surface area contributed by atoms with Gasteiger partial charge in [-0.3, -0.25) is 4.98 Å². The van der Waals surface area contributed by atoms with Crippen molar-refractivity contribution in [3.8, 4) is 5.75 Å². The normalized spacial score (nSPS) is 14.4. The number of ether oxygens (including phenoxy) is 2. The fourth-order valence-electron chi connectivity index (χ4n) is 4.28. The minimum Gasteiger partial charge on any atom is -0.493 e. The quantitative estimate of drug-likeness (QED) is 0.269. The molecule has 3 heterocycles. The Hall–Kier alpha value is -3.56. The molecule has 0 unspecified atom stereocenters. The molecule has 0 spiro atoms. The number of carbonyl (C=O) groups is 1. The van der Waals surface area contributed by atoms with Gasteiger partial charge in [-0.15, -0.1) is 0 Å². The van der Waals surface area contributed by atoms with Crippen LogP contribution in [-0.4, -0.2) is 51.2 Å². The molecule has 0 aliphatic carbocycles. The van der Waals surface area contributed by atoms with Crippen LogP contribution in [0.15, 0.2) is 42.9 Å². The van der Waals surface area contributed by atoms with Crippen molar-refractivity contribution in [1.82, 2.24) is 19.9 Å². The standard InChI is InChI=1S/C29H34Cl2N6O3/c1-29(2,3)40-28(38)37-11-8-19(9-12-37)10-13-39-25-7-6-23(35-26-24(30)18-34-27(31)36-26)15-21(25)5-4-20-14-22(32)17-33-16-20/h4-7,14-19H,8-13,32H2,1-3H3,(H,34,35,36). The minimum atomic E-state index is -0.489. The molecule has 11 heteroatoms. The predicted molar refractivity (Wildman–Crippen MR) is 160 cm³/mol. The highest BCUT2D eigenvalue weighted by Gasteiger charge is 2.26. The van der Waals surface area contributed by atoms with Crippen LogP contribution in [0.5, 0.6) is 5.75 Å². The molecule has 0 radical (unpaired) electrons. The summed E-state index contributed by atoms with van der Waals surface area (Å²) in [7, 11) is 0. The summed E-state index contributed by atoms with van der Waals surface area (Å²) in [6.45, 7) is 7.59. The fourth-order valence-corrected chi connectivity index (χ4v) is 4.55. The van der Waals surface area contributed by atoms with E-state index in [1.807, 2.05) is 57.2 Å². The first-order chi connectivity index (χ1) is 19.1. The maximum absolute atomic E-state index is 12.4. The molecule has 0 bridgehead atoms. The number of nitrogens with zero attached hydrogens (tertiary/aromatic N) is 4. The van der Waals surface area contributed by atoms with Crippen molar-refractivity contribution in [2.75, 3.05) is 30.7 Å². The first kappa shape index (κ1) is 29.4. The zero-order chi connectivity index (χ0) is 28.7. The van der Waals surface area contributed by atoms with E-state index in [2.05, 4.69) is 20.3 Å². The van der Waals surface area contributed by atoms with Crippen LogP contribution in [0.3, 0.4) is 0 Å². The number of benzene rings is 1. The van der Waals surface area contributed by atoms with E-state index in [1.165, 1.54) is 6.20 Å². The van der Waals surface area contributed by atoms with Gasteiger partial charge in [0, 0.05) is 36.7 Å². The van der Waals surface area contributed by atoms with Crippen LogP contribution >= 0.6 is 23.2 Å². The smallest absolute Gasteiger partial charge is 0.410 e. The van der Waals surface area contributed by atoms with E-state index in [9.17, 15) is 4.79 Å². The largest absolute Gasteiger partial charge is 0.493 e. The first-order valence-corrected chi connectivity index (χ1v) is 13.9. The number of nitrogens with one attached hydrogen (secondary N) is 1. The molecule has 1 amide bonds. The van der Waals surface area contributed by atoms with E-state index >= 15 is 0 Å². The lowest BCUT2D eigenvalue weighted by Crippen LogP contribution is -2.41. The van der Waals surface area contributed by atoms with E-state index in [1.54, 1.807) is 17.3 Å². The molecule has 0 atom stereocenters. The van der Waals surface area contributed by atoms with Crippen molar-refractivity contribution in [1.29, 1.82) is 0 Å². The minimum absolute atomic E-state index is 0.0954. The number of pyridine rings is 1. The van der Waals surface area contributed by atoms with E-state index < -0.39 is 5.60 Å². The van der Waals surface area contributed by atoms with E-state index in [4.69, 9.17) is 38.4 Å². The Labute approximate surface area is 244 Å². The molecule has 1 aromatic carbocycles. The summed E-state index contributed by atoms with van der Waals surface area (Å²) in [5, 5.41) is 3.64. The van der Waals surface area contributed by atoms with Gasteiger partial charge in [0.25, 0.3) is 0 Å². The number of piperidine rings is 1. The Morgan fingerprint density at radius 1 is 1.15 bits per heavy atom. The van der Waals surface area contributed by atoms with Crippen LogP contribution in [0, 0.1) is 5.92 Å². The number of halogens is 2. The van der Waals surface area contributed by atoms with Crippen molar-refractivity contribution in [3.63, 3.8) is 0 Å². The lowest BCUT2D eigenvalue weighted by atomic mass is 9.94. The van der Waals surface area contributed by atoms with E-state index in [-0.39, 0.29) is 11.4 Å². The van der Waals surface area contributed by atoms with Gasteiger partial charge in [0.1, 0.15) is 16.4 Å². The molecule has 2 aromatic heterocycles. The Kier molecular flexibility index (Phi) is 9.71. The second-order valence-electron chi connectivity index (χ2n) is 10.6. The number of nitrogens with two attached hydrogens (primary N) is 1. The van der Waals surface area contributed by atoms with Gasteiger partial charge in [-0.25, -0.2) is 9.78 Å². The Bertz CT molecular complexity index is 1350. The summed E-state index contributed by atoms with van der Waals surface area (Å²) >= 11 is 12.2. The third-order valence-electron chi connectivity index (χ3n) is 6.27. The molecule has 3 aromatic rings. The zero-order valence-electron chi connectivity index (χ0n) is 22.9. The third kappa shape index (κ3) is 8.72. The van der Waals surface area contributed by atoms with Gasteiger partial charge in [-0.1, -0.05) is 23.8 Å². The molecule has 1 saturated heterocycles. The molecule has 3 N–H and O–H groups in total. The summed E-state index contributed by atoms with van der Waals surface area (Å²) in [5.41, 5.74) is 8.45.